The largest absolute Gasteiger partial charge is 0.457 e. The average molecular weight is 349 g/mol. The van der Waals surface area contributed by atoms with Crippen molar-refractivity contribution in [3.63, 3.8) is 0 Å². The molecule has 134 valence electrons. The van der Waals surface area contributed by atoms with Gasteiger partial charge in [0.05, 0.1) is 5.69 Å². The van der Waals surface area contributed by atoms with Crippen molar-refractivity contribution >= 4 is 17.5 Å². The predicted octanol–water partition coefficient (Wildman–Crippen LogP) is 4.81. The van der Waals surface area contributed by atoms with Crippen molar-refractivity contribution in [2.45, 2.75) is 39.5 Å². The second kappa shape index (κ2) is 8.00. The molecule has 1 heterocycles. The molecule has 4 heteroatoms. The number of rotatable bonds is 7. The maximum atomic E-state index is 11.7. The molecule has 0 saturated carbocycles. The molecule has 1 aliphatic heterocycles. The summed E-state index contributed by atoms with van der Waals surface area (Å²) in [5, 5.41) is 0. The molecular weight excluding hydrogens is 326 g/mol. The standard InChI is InChI=1S/C22H23NO3/c1-3-5-16-7-12-20(17(15-16)6-4-2)26-19-10-8-18(9-11-19)23-21(24)13-14-22(23)25/h7-15H,3-6H2,1-2H3. The molecule has 2 aromatic rings. The maximum absolute atomic E-state index is 11.7. The molecule has 4 nitrogen and oxygen atoms in total. The zero-order chi connectivity index (χ0) is 18.5. The van der Waals surface area contributed by atoms with Crippen molar-refractivity contribution < 1.29 is 14.3 Å². The van der Waals surface area contributed by atoms with Gasteiger partial charge in [0, 0.05) is 12.2 Å². The van der Waals surface area contributed by atoms with Crippen molar-refractivity contribution in [2.24, 2.45) is 0 Å². The lowest BCUT2D eigenvalue weighted by atomic mass is 10.0. The summed E-state index contributed by atoms with van der Waals surface area (Å²) >= 11 is 0. The molecule has 0 bridgehead atoms. The highest BCUT2D eigenvalue weighted by atomic mass is 16.5. The van der Waals surface area contributed by atoms with Crippen LogP contribution in [0.1, 0.15) is 37.8 Å². The first-order valence-corrected chi connectivity index (χ1v) is 9.08. The number of ether oxygens (including phenoxy) is 1. The minimum Gasteiger partial charge on any atom is -0.457 e. The van der Waals surface area contributed by atoms with Crippen LogP contribution < -0.4 is 9.64 Å². The van der Waals surface area contributed by atoms with Gasteiger partial charge in [0.25, 0.3) is 11.8 Å². The topological polar surface area (TPSA) is 46.6 Å². The summed E-state index contributed by atoms with van der Waals surface area (Å²) in [4.78, 5) is 24.6. The molecule has 26 heavy (non-hydrogen) atoms. The zero-order valence-electron chi connectivity index (χ0n) is 15.2. The van der Waals surface area contributed by atoms with E-state index in [1.807, 2.05) is 6.07 Å². The van der Waals surface area contributed by atoms with E-state index in [-0.39, 0.29) is 11.8 Å². The second-order valence-electron chi connectivity index (χ2n) is 6.38. The van der Waals surface area contributed by atoms with Gasteiger partial charge in [-0.05, 0) is 54.3 Å². The third kappa shape index (κ3) is 3.85. The zero-order valence-corrected chi connectivity index (χ0v) is 15.2. The third-order valence-electron chi connectivity index (χ3n) is 4.31. The van der Waals surface area contributed by atoms with E-state index in [2.05, 4.69) is 26.0 Å². The number of hydrogen-bond donors (Lipinski definition) is 0. The Labute approximate surface area is 154 Å². The Morgan fingerprint density at radius 3 is 2.12 bits per heavy atom. The van der Waals surface area contributed by atoms with E-state index in [0.717, 1.165) is 36.3 Å². The highest BCUT2D eigenvalue weighted by molar-refractivity contribution is 6.28. The molecule has 0 atom stereocenters. The average Bonchev–Trinajstić information content (AvgIpc) is 2.97. The minimum atomic E-state index is -0.319. The predicted molar refractivity (Wildman–Crippen MR) is 103 cm³/mol. The van der Waals surface area contributed by atoms with Crippen molar-refractivity contribution in [3.05, 3.63) is 65.7 Å². The van der Waals surface area contributed by atoms with E-state index in [1.165, 1.54) is 23.3 Å². The van der Waals surface area contributed by atoms with E-state index in [0.29, 0.717) is 11.4 Å². The van der Waals surface area contributed by atoms with Gasteiger partial charge in [-0.1, -0.05) is 38.8 Å². The fourth-order valence-electron chi connectivity index (χ4n) is 3.09. The lowest BCUT2D eigenvalue weighted by Crippen LogP contribution is -2.29. The summed E-state index contributed by atoms with van der Waals surface area (Å²) < 4.78 is 6.06. The van der Waals surface area contributed by atoms with Crippen LogP contribution in [-0.4, -0.2) is 11.8 Å². The van der Waals surface area contributed by atoms with Gasteiger partial charge in [-0.25, -0.2) is 4.90 Å². The van der Waals surface area contributed by atoms with Crippen LogP contribution in [0, 0.1) is 0 Å². The van der Waals surface area contributed by atoms with Gasteiger partial charge in [0.2, 0.25) is 0 Å². The van der Waals surface area contributed by atoms with Crippen LogP contribution in [0.5, 0.6) is 11.5 Å². The van der Waals surface area contributed by atoms with Crippen LogP contribution >= 0.6 is 0 Å². The molecule has 0 aromatic heterocycles. The first kappa shape index (κ1) is 17.9. The lowest BCUT2D eigenvalue weighted by Gasteiger charge is -2.15. The Hall–Kier alpha value is -2.88. The maximum Gasteiger partial charge on any atom is 0.258 e. The molecule has 0 unspecified atom stereocenters. The van der Waals surface area contributed by atoms with Crippen LogP contribution in [0.4, 0.5) is 5.69 Å². The molecule has 1 aliphatic rings. The molecule has 0 fully saturated rings. The number of aryl methyl sites for hydroxylation is 2. The summed E-state index contributed by atoms with van der Waals surface area (Å²) in [5.74, 6) is 0.900. The van der Waals surface area contributed by atoms with Gasteiger partial charge >= 0.3 is 0 Å². The van der Waals surface area contributed by atoms with Crippen LogP contribution in [-0.2, 0) is 22.4 Å². The Kier molecular flexibility index (Phi) is 5.52. The first-order chi connectivity index (χ1) is 12.6. The highest BCUT2D eigenvalue weighted by Gasteiger charge is 2.24. The van der Waals surface area contributed by atoms with Gasteiger partial charge in [-0.15, -0.1) is 0 Å². The van der Waals surface area contributed by atoms with E-state index in [9.17, 15) is 9.59 Å². The Morgan fingerprint density at radius 2 is 1.50 bits per heavy atom. The van der Waals surface area contributed by atoms with Crippen molar-refractivity contribution in [3.8, 4) is 11.5 Å². The number of hydrogen-bond acceptors (Lipinski definition) is 3. The van der Waals surface area contributed by atoms with Gasteiger partial charge in [-0.3, -0.25) is 9.59 Å². The van der Waals surface area contributed by atoms with Gasteiger partial charge in [-0.2, -0.15) is 0 Å². The van der Waals surface area contributed by atoms with Gasteiger partial charge in [0.15, 0.2) is 0 Å². The fourth-order valence-corrected chi connectivity index (χ4v) is 3.09. The Bertz CT molecular complexity index is 819. The molecule has 0 aliphatic carbocycles. The van der Waals surface area contributed by atoms with E-state index in [1.54, 1.807) is 24.3 Å². The summed E-state index contributed by atoms with van der Waals surface area (Å²) in [6, 6.07) is 13.4. The monoisotopic (exact) mass is 349 g/mol. The molecule has 2 aromatic carbocycles. The van der Waals surface area contributed by atoms with E-state index < -0.39 is 0 Å². The smallest absolute Gasteiger partial charge is 0.258 e. The number of carbonyl (C=O) groups excluding carboxylic acids is 2. The van der Waals surface area contributed by atoms with Crippen LogP contribution in [0.3, 0.4) is 0 Å². The number of carbonyl (C=O) groups is 2. The highest BCUT2D eigenvalue weighted by Crippen LogP contribution is 2.30. The molecule has 0 spiro atoms. The van der Waals surface area contributed by atoms with Crippen LogP contribution in [0.15, 0.2) is 54.6 Å². The molecule has 0 saturated heterocycles. The first-order valence-electron chi connectivity index (χ1n) is 9.08. The number of benzene rings is 2. The lowest BCUT2D eigenvalue weighted by molar-refractivity contribution is -0.119. The van der Waals surface area contributed by atoms with Crippen LogP contribution in [0.25, 0.3) is 0 Å². The fraction of sp³-hybridized carbons (Fsp3) is 0.273. The van der Waals surface area contributed by atoms with Gasteiger partial charge < -0.3 is 4.74 Å². The SMILES string of the molecule is CCCc1ccc(Oc2ccc(N3C(=O)C=CC3=O)cc2)c(CCC)c1. The molecule has 3 rings (SSSR count). The molecule has 0 radical (unpaired) electrons. The minimum absolute atomic E-state index is 0.319. The summed E-state index contributed by atoms with van der Waals surface area (Å²) in [7, 11) is 0. The summed E-state index contributed by atoms with van der Waals surface area (Å²) in [6.45, 7) is 4.33. The van der Waals surface area contributed by atoms with Crippen molar-refractivity contribution in [1.82, 2.24) is 0 Å². The summed E-state index contributed by atoms with van der Waals surface area (Å²) in [6.07, 6.45) is 6.77. The molecular formula is C22H23NO3. The number of imide groups is 1. The second-order valence-corrected chi connectivity index (χ2v) is 6.38. The van der Waals surface area contributed by atoms with Gasteiger partial charge in [0.1, 0.15) is 11.5 Å². The molecule has 2 amide bonds. The van der Waals surface area contributed by atoms with E-state index in [4.69, 9.17) is 4.74 Å². The van der Waals surface area contributed by atoms with Crippen molar-refractivity contribution in [2.75, 3.05) is 4.90 Å². The molecule has 0 N–H and O–H groups in total. The summed E-state index contributed by atoms with van der Waals surface area (Å²) in [5.41, 5.74) is 3.08. The Morgan fingerprint density at radius 1 is 0.846 bits per heavy atom. The Balaban J connectivity index is 1.78. The van der Waals surface area contributed by atoms with Crippen molar-refractivity contribution in [1.29, 1.82) is 0 Å². The normalized spacial score (nSPS) is 13.5. The van der Waals surface area contributed by atoms with Crippen LogP contribution in [0.2, 0.25) is 0 Å². The third-order valence-corrected chi connectivity index (χ3v) is 4.31. The number of nitrogens with zero attached hydrogens (tertiary/aromatic N) is 1. The number of amides is 2. The quantitative estimate of drug-likeness (QED) is 0.674. The number of anilines is 1. The van der Waals surface area contributed by atoms with E-state index >= 15 is 0 Å².